The lowest BCUT2D eigenvalue weighted by molar-refractivity contribution is -0.384. The minimum atomic E-state index is -0.414. The molecule has 3 rings (SSSR count). The van der Waals surface area contributed by atoms with Crippen LogP contribution in [-0.4, -0.2) is 14.9 Å². The quantitative estimate of drug-likeness (QED) is 0.582. The van der Waals surface area contributed by atoms with Crippen LogP contribution in [0.5, 0.6) is 0 Å². The second-order valence-electron chi connectivity index (χ2n) is 4.49. The number of nitro benzene ring substituents is 1. The number of non-ortho nitro benzene ring substituents is 1. The lowest BCUT2D eigenvalue weighted by Crippen LogP contribution is -1.87. The fourth-order valence-corrected chi connectivity index (χ4v) is 2.09. The van der Waals surface area contributed by atoms with Crippen LogP contribution in [0, 0.1) is 17.0 Å². The van der Waals surface area contributed by atoms with E-state index in [-0.39, 0.29) is 5.69 Å². The van der Waals surface area contributed by atoms with Gasteiger partial charge in [0.25, 0.3) is 5.69 Å². The van der Waals surface area contributed by atoms with Crippen molar-refractivity contribution in [2.45, 2.75) is 6.42 Å². The van der Waals surface area contributed by atoms with Gasteiger partial charge in [0.15, 0.2) is 0 Å². The molecule has 20 heavy (non-hydrogen) atoms. The highest BCUT2D eigenvalue weighted by Crippen LogP contribution is 2.23. The van der Waals surface area contributed by atoms with E-state index in [0.29, 0.717) is 5.82 Å². The van der Waals surface area contributed by atoms with Crippen molar-refractivity contribution in [2.75, 3.05) is 0 Å². The zero-order valence-electron chi connectivity index (χ0n) is 10.7. The molecule has 0 aliphatic rings. The molecule has 0 atom stereocenters. The molecule has 0 saturated carbocycles. The molecule has 1 N–H and O–H groups in total. The Morgan fingerprint density at radius 3 is 2.60 bits per heavy atom. The minimum Gasteiger partial charge on any atom is -0.338 e. The molecule has 0 amide bonds. The Balaban J connectivity index is 2.03. The predicted octanol–water partition coefficient (Wildman–Crippen LogP) is 3.51. The molecule has 0 fully saturated rings. The van der Waals surface area contributed by atoms with E-state index in [2.05, 4.69) is 16.9 Å². The van der Waals surface area contributed by atoms with Gasteiger partial charge in [-0.2, -0.15) is 0 Å². The van der Waals surface area contributed by atoms with Gasteiger partial charge in [-0.1, -0.05) is 6.07 Å². The second-order valence-corrected chi connectivity index (χ2v) is 4.49. The van der Waals surface area contributed by atoms with Gasteiger partial charge in [-0.3, -0.25) is 10.1 Å². The lowest BCUT2D eigenvalue weighted by atomic mass is 10.1. The fourth-order valence-electron chi connectivity index (χ4n) is 2.09. The van der Waals surface area contributed by atoms with Crippen LogP contribution >= 0.6 is 0 Å². The number of imidazole rings is 1. The SMILES string of the molecule is [CH2]Cc1ccc2nc(-c3ccc([N+](=O)[O-])cc3)[nH]c2c1. The number of aromatic nitrogens is 2. The standard InChI is InChI=1S/C15H12N3O2/c1-2-10-3-8-13-14(9-10)17-15(16-13)11-4-6-12(7-5-11)18(19)20/h3-9H,1-2H2,(H,16,17). The first-order chi connectivity index (χ1) is 9.67. The first kappa shape index (κ1) is 12.3. The number of rotatable bonds is 3. The highest BCUT2D eigenvalue weighted by Gasteiger charge is 2.08. The highest BCUT2D eigenvalue weighted by atomic mass is 16.6. The van der Waals surface area contributed by atoms with E-state index >= 15 is 0 Å². The number of nitrogens with zero attached hydrogens (tertiary/aromatic N) is 2. The Morgan fingerprint density at radius 1 is 1.20 bits per heavy atom. The smallest absolute Gasteiger partial charge is 0.269 e. The summed E-state index contributed by atoms with van der Waals surface area (Å²) in [5, 5.41) is 10.6. The molecule has 0 saturated heterocycles. The zero-order valence-corrected chi connectivity index (χ0v) is 10.7. The molecule has 1 aromatic heterocycles. The molecule has 99 valence electrons. The average molecular weight is 266 g/mol. The first-order valence-electron chi connectivity index (χ1n) is 6.20. The molecule has 5 nitrogen and oxygen atoms in total. The summed E-state index contributed by atoms with van der Waals surface area (Å²) in [4.78, 5) is 17.9. The average Bonchev–Trinajstić information content (AvgIpc) is 2.90. The number of H-pyrrole nitrogens is 1. The van der Waals surface area contributed by atoms with Gasteiger partial charge in [0.05, 0.1) is 16.0 Å². The first-order valence-corrected chi connectivity index (χ1v) is 6.20. The monoisotopic (exact) mass is 266 g/mol. The van der Waals surface area contributed by atoms with Gasteiger partial charge in [-0.25, -0.2) is 4.98 Å². The Labute approximate surface area is 115 Å². The van der Waals surface area contributed by atoms with Crippen molar-refractivity contribution >= 4 is 16.7 Å². The largest absolute Gasteiger partial charge is 0.338 e. The normalized spacial score (nSPS) is 10.8. The molecular weight excluding hydrogens is 254 g/mol. The molecule has 1 radical (unpaired) electrons. The Morgan fingerprint density at radius 2 is 1.95 bits per heavy atom. The van der Waals surface area contributed by atoms with Crippen LogP contribution in [-0.2, 0) is 6.42 Å². The van der Waals surface area contributed by atoms with Gasteiger partial charge in [0.1, 0.15) is 5.82 Å². The van der Waals surface area contributed by atoms with E-state index in [9.17, 15) is 10.1 Å². The maximum absolute atomic E-state index is 10.6. The number of fused-ring (bicyclic) bond motifs is 1. The number of nitrogens with one attached hydrogen (secondary N) is 1. The van der Waals surface area contributed by atoms with E-state index in [1.807, 2.05) is 18.2 Å². The number of aromatic amines is 1. The van der Waals surface area contributed by atoms with Gasteiger partial charge < -0.3 is 4.98 Å². The van der Waals surface area contributed by atoms with Crippen LogP contribution in [0.25, 0.3) is 22.4 Å². The second kappa shape index (κ2) is 4.77. The molecular formula is C15H12N3O2. The lowest BCUT2D eigenvalue weighted by Gasteiger charge is -1.96. The molecule has 5 heteroatoms. The molecule has 0 spiro atoms. The Bertz CT molecular complexity index is 775. The number of hydrogen-bond acceptors (Lipinski definition) is 3. The molecule has 1 heterocycles. The van der Waals surface area contributed by atoms with Crippen LogP contribution in [0.3, 0.4) is 0 Å². The number of nitro groups is 1. The van der Waals surface area contributed by atoms with Gasteiger partial charge in [0, 0.05) is 17.7 Å². The summed E-state index contributed by atoms with van der Waals surface area (Å²) in [5.41, 5.74) is 3.85. The van der Waals surface area contributed by atoms with Crippen LogP contribution in [0.4, 0.5) is 5.69 Å². The summed E-state index contributed by atoms with van der Waals surface area (Å²) >= 11 is 0. The fraction of sp³-hybridized carbons (Fsp3) is 0.0667. The molecule has 3 aromatic rings. The summed E-state index contributed by atoms with van der Waals surface area (Å²) in [6.07, 6.45) is 0.724. The Kier molecular flexibility index (Phi) is 2.95. The van der Waals surface area contributed by atoms with E-state index < -0.39 is 4.92 Å². The number of benzene rings is 2. The van der Waals surface area contributed by atoms with Crippen molar-refractivity contribution in [2.24, 2.45) is 0 Å². The Hall–Kier alpha value is -2.69. The summed E-state index contributed by atoms with van der Waals surface area (Å²) in [5.74, 6) is 0.705. The third-order valence-electron chi connectivity index (χ3n) is 3.19. The highest BCUT2D eigenvalue weighted by molar-refractivity contribution is 5.80. The van der Waals surface area contributed by atoms with Crippen LogP contribution in [0.15, 0.2) is 42.5 Å². The predicted molar refractivity (Wildman–Crippen MR) is 77.2 cm³/mol. The van der Waals surface area contributed by atoms with Crippen molar-refractivity contribution in [1.82, 2.24) is 9.97 Å². The minimum absolute atomic E-state index is 0.0733. The van der Waals surface area contributed by atoms with E-state index in [1.165, 1.54) is 12.1 Å². The topological polar surface area (TPSA) is 71.8 Å². The third kappa shape index (κ3) is 2.14. The van der Waals surface area contributed by atoms with Crippen LogP contribution in [0.2, 0.25) is 0 Å². The number of hydrogen-bond donors (Lipinski definition) is 1. The maximum atomic E-state index is 10.6. The zero-order chi connectivity index (χ0) is 14.1. The van der Waals surface area contributed by atoms with Crippen molar-refractivity contribution in [3.63, 3.8) is 0 Å². The molecule has 2 aromatic carbocycles. The summed E-state index contributed by atoms with van der Waals surface area (Å²) in [6.45, 7) is 3.86. The van der Waals surface area contributed by atoms with Gasteiger partial charge in [0.2, 0.25) is 0 Å². The molecule has 0 aliphatic heterocycles. The summed E-state index contributed by atoms with van der Waals surface area (Å²) in [6, 6.07) is 12.3. The van der Waals surface area contributed by atoms with Crippen LogP contribution in [0.1, 0.15) is 5.56 Å². The van der Waals surface area contributed by atoms with E-state index in [4.69, 9.17) is 0 Å². The molecule has 0 bridgehead atoms. The van der Waals surface area contributed by atoms with Gasteiger partial charge in [-0.05, 0) is 43.2 Å². The van der Waals surface area contributed by atoms with Crippen molar-refractivity contribution in [3.8, 4) is 11.4 Å². The summed E-state index contributed by atoms with van der Waals surface area (Å²) < 4.78 is 0. The van der Waals surface area contributed by atoms with Crippen molar-refractivity contribution in [1.29, 1.82) is 0 Å². The van der Waals surface area contributed by atoms with Gasteiger partial charge in [-0.15, -0.1) is 0 Å². The van der Waals surface area contributed by atoms with Crippen molar-refractivity contribution in [3.05, 3.63) is 65.1 Å². The summed E-state index contributed by atoms with van der Waals surface area (Å²) in [7, 11) is 0. The molecule has 0 aliphatic carbocycles. The third-order valence-corrected chi connectivity index (χ3v) is 3.19. The van der Waals surface area contributed by atoms with E-state index in [1.54, 1.807) is 12.1 Å². The van der Waals surface area contributed by atoms with Crippen LogP contribution < -0.4 is 0 Å². The molecule has 0 unspecified atom stereocenters. The van der Waals surface area contributed by atoms with Crippen molar-refractivity contribution < 1.29 is 4.92 Å². The maximum Gasteiger partial charge on any atom is 0.269 e. The van der Waals surface area contributed by atoms with E-state index in [0.717, 1.165) is 28.6 Å². The van der Waals surface area contributed by atoms with Gasteiger partial charge >= 0.3 is 0 Å².